The first-order chi connectivity index (χ1) is 15.3. The van der Waals surface area contributed by atoms with Crippen LogP contribution in [0.2, 0.25) is 0 Å². The van der Waals surface area contributed by atoms with Crippen LogP contribution in [0.25, 0.3) is 22.6 Å². The van der Waals surface area contributed by atoms with Gasteiger partial charge in [0, 0.05) is 22.3 Å². The lowest BCUT2D eigenvalue weighted by Crippen LogP contribution is -2.07. The predicted molar refractivity (Wildman–Crippen MR) is 121 cm³/mol. The Morgan fingerprint density at radius 3 is 2.09 bits per heavy atom. The summed E-state index contributed by atoms with van der Waals surface area (Å²) in [5, 5.41) is 0. The van der Waals surface area contributed by atoms with Gasteiger partial charge >= 0.3 is 11.9 Å². The quantitative estimate of drug-likeness (QED) is 0.187. The van der Waals surface area contributed by atoms with Crippen LogP contribution in [0.3, 0.4) is 0 Å². The Balaban J connectivity index is 1.66. The molecule has 1 heterocycles. The van der Waals surface area contributed by atoms with Crippen molar-refractivity contribution in [2.75, 3.05) is 0 Å². The van der Waals surface area contributed by atoms with Gasteiger partial charge in [-0.3, -0.25) is 0 Å². The maximum absolute atomic E-state index is 11.7. The van der Waals surface area contributed by atoms with Crippen molar-refractivity contribution in [3.05, 3.63) is 97.5 Å². The fourth-order valence-corrected chi connectivity index (χ4v) is 2.55. The van der Waals surface area contributed by atoms with Crippen molar-refractivity contribution in [3.8, 4) is 34.1 Å². The number of esters is 2. The van der Waals surface area contributed by atoms with E-state index in [-0.39, 0.29) is 0 Å². The van der Waals surface area contributed by atoms with Gasteiger partial charge in [0.1, 0.15) is 35.5 Å². The fourth-order valence-electron chi connectivity index (χ4n) is 2.55. The summed E-state index contributed by atoms with van der Waals surface area (Å²) in [5.41, 5.74) is 2.26. The van der Waals surface area contributed by atoms with Gasteiger partial charge in [-0.05, 0) is 62.4 Å². The SMILES string of the molecule is C=C(C)C(=O)OC=COc1ccc(-c2ccc(-c3cccc(OC(=O)C(=C)C)c3)o2)cc1. The third-order valence-corrected chi connectivity index (χ3v) is 4.21. The average molecular weight is 430 g/mol. The molecule has 0 fully saturated rings. The van der Waals surface area contributed by atoms with E-state index in [9.17, 15) is 9.59 Å². The van der Waals surface area contributed by atoms with E-state index in [0.717, 1.165) is 17.4 Å². The molecule has 162 valence electrons. The first kappa shape index (κ1) is 22.4. The minimum Gasteiger partial charge on any atom is -0.462 e. The van der Waals surface area contributed by atoms with Crippen LogP contribution in [0.1, 0.15) is 13.8 Å². The van der Waals surface area contributed by atoms with Gasteiger partial charge in [0.2, 0.25) is 0 Å². The van der Waals surface area contributed by atoms with Crippen LogP contribution in [-0.4, -0.2) is 11.9 Å². The molecule has 3 aromatic rings. The summed E-state index contributed by atoms with van der Waals surface area (Å²) in [6.45, 7) is 10.2. The molecule has 1 aromatic heterocycles. The molecule has 0 spiro atoms. The van der Waals surface area contributed by atoms with Gasteiger partial charge in [-0.1, -0.05) is 25.3 Å². The van der Waals surface area contributed by atoms with E-state index in [2.05, 4.69) is 13.2 Å². The lowest BCUT2D eigenvalue weighted by molar-refractivity contribution is -0.133. The van der Waals surface area contributed by atoms with Gasteiger partial charge in [-0.2, -0.15) is 0 Å². The molecule has 0 amide bonds. The first-order valence-corrected chi connectivity index (χ1v) is 9.70. The number of rotatable bonds is 8. The average Bonchev–Trinajstić information content (AvgIpc) is 3.27. The maximum atomic E-state index is 11.7. The Morgan fingerprint density at radius 2 is 1.44 bits per heavy atom. The molecule has 0 aliphatic carbocycles. The highest BCUT2D eigenvalue weighted by atomic mass is 16.5. The minimum atomic E-state index is -0.520. The number of carbonyl (C=O) groups excluding carboxylic acids is 2. The van der Waals surface area contributed by atoms with Gasteiger partial charge in [0.05, 0.1) is 0 Å². The Kier molecular flexibility index (Phi) is 7.08. The maximum Gasteiger partial charge on any atom is 0.338 e. The zero-order valence-electron chi connectivity index (χ0n) is 17.8. The third-order valence-electron chi connectivity index (χ3n) is 4.21. The molecule has 32 heavy (non-hydrogen) atoms. The molecule has 0 saturated carbocycles. The van der Waals surface area contributed by atoms with Gasteiger partial charge in [0.15, 0.2) is 0 Å². The summed E-state index contributed by atoms with van der Waals surface area (Å²) in [6, 6.07) is 18.0. The summed E-state index contributed by atoms with van der Waals surface area (Å²) < 4.78 is 21.5. The molecule has 0 aliphatic rings. The van der Waals surface area contributed by atoms with E-state index in [4.69, 9.17) is 18.6 Å². The lowest BCUT2D eigenvalue weighted by Gasteiger charge is -2.05. The summed E-state index contributed by atoms with van der Waals surface area (Å²) in [7, 11) is 0. The van der Waals surface area contributed by atoms with Gasteiger partial charge in [0.25, 0.3) is 0 Å². The highest BCUT2D eigenvalue weighted by molar-refractivity contribution is 5.89. The van der Waals surface area contributed by atoms with Gasteiger partial charge < -0.3 is 18.6 Å². The van der Waals surface area contributed by atoms with E-state index in [1.165, 1.54) is 6.26 Å². The Hall–Kier alpha value is -4.32. The summed E-state index contributed by atoms with van der Waals surface area (Å²) in [5.74, 6) is 1.28. The minimum absolute atomic E-state index is 0.302. The van der Waals surface area contributed by atoms with Crippen LogP contribution >= 0.6 is 0 Å². The van der Waals surface area contributed by atoms with Crippen LogP contribution < -0.4 is 9.47 Å². The van der Waals surface area contributed by atoms with Crippen molar-refractivity contribution < 1.29 is 28.2 Å². The van der Waals surface area contributed by atoms with Crippen molar-refractivity contribution in [2.45, 2.75) is 13.8 Å². The van der Waals surface area contributed by atoms with E-state index < -0.39 is 11.9 Å². The molecule has 0 unspecified atom stereocenters. The van der Waals surface area contributed by atoms with Gasteiger partial charge in [-0.15, -0.1) is 0 Å². The van der Waals surface area contributed by atoms with E-state index in [1.54, 1.807) is 44.2 Å². The molecule has 6 heteroatoms. The number of hydrogen-bond donors (Lipinski definition) is 0. The Labute approximate surface area is 186 Å². The first-order valence-electron chi connectivity index (χ1n) is 9.70. The predicted octanol–water partition coefficient (Wildman–Crippen LogP) is 6.06. The normalized spacial score (nSPS) is 10.6. The molecular weight excluding hydrogens is 408 g/mol. The largest absolute Gasteiger partial charge is 0.462 e. The number of benzene rings is 2. The van der Waals surface area contributed by atoms with Crippen molar-refractivity contribution in [1.82, 2.24) is 0 Å². The van der Waals surface area contributed by atoms with Crippen molar-refractivity contribution in [3.63, 3.8) is 0 Å². The summed E-state index contributed by atoms with van der Waals surface area (Å²) >= 11 is 0. The standard InChI is InChI=1S/C26H22O6/c1-17(2)25(27)30-15-14-29-21-10-8-19(9-11-21)23-12-13-24(32-23)20-6-5-7-22(16-20)31-26(28)18(3)4/h5-16H,1,3H2,2,4H3. The second-order valence-electron chi connectivity index (χ2n) is 6.96. The molecule has 0 atom stereocenters. The molecule has 0 N–H and O–H groups in total. The van der Waals surface area contributed by atoms with E-state index >= 15 is 0 Å². The number of hydrogen-bond acceptors (Lipinski definition) is 6. The van der Waals surface area contributed by atoms with Crippen LogP contribution in [0, 0.1) is 0 Å². The zero-order valence-corrected chi connectivity index (χ0v) is 17.8. The number of furan rings is 1. The highest BCUT2D eigenvalue weighted by Gasteiger charge is 2.10. The Morgan fingerprint density at radius 1 is 0.781 bits per heavy atom. The smallest absolute Gasteiger partial charge is 0.338 e. The zero-order chi connectivity index (χ0) is 23.1. The summed E-state index contributed by atoms with van der Waals surface area (Å²) in [4.78, 5) is 23.0. The molecular formula is C26H22O6. The second kappa shape index (κ2) is 10.1. The van der Waals surface area contributed by atoms with Crippen LogP contribution in [0.4, 0.5) is 0 Å². The third kappa shape index (κ3) is 5.86. The van der Waals surface area contributed by atoms with Gasteiger partial charge in [-0.25, -0.2) is 9.59 Å². The monoisotopic (exact) mass is 430 g/mol. The van der Waals surface area contributed by atoms with Crippen molar-refractivity contribution >= 4 is 11.9 Å². The molecule has 6 nitrogen and oxygen atoms in total. The van der Waals surface area contributed by atoms with Crippen molar-refractivity contribution in [1.29, 1.82) is 0 Å². The van der Waals surface area contributed by atoms with Crippen molar-refractivity contribution in [2.24, 2.45) is 0 Å². The van der Waals surface area contributed by atoms with Crippen LogP contribution in [0.15, 0.2) is 102 Å². The fraction of sp³-hybridized carbons (Fsp3) is 0.0769. The second-order valence-corrected chi connectivity index (χ2v) is 6.96. The lowest BCUT2D eigenvalue weighted by atomic mass is 10.1. The number of ether oxygens (including phenoxy) is 3. The van der Waals surface area contributed by atoms with E-state index in [1.807, 2.05) is 30.3 Å². The van der Waals surface area contributed by atoms with Crippen LogP contribution in [-0.2, 0) is 14.3 Å². The summed E-state index contributed by atoms with van der Waals surface area (Å²) in [6.07, 6.45) is 2.43. The molecule has 0 saturated heterocycles. The Bertz CT molecular complexity index is 1180. The molecule has 0 radical (unpaired) electrons. The molecule has 0 bridgehead atoms. The van der Waals surface area contributed by atoms with Crippen LogP contribution in [0.5, 0.6) is 11.5 Å². The topological polar surface area (TPSA) is 75.0 Å². The van der Waals surface area contributed by atoms with E-state index in [0.29, 0.717) is 34.2 Å². The molecule has 0 aliphatic heterocycles. The number of carbonyl (C=O) groups is 2. The molecule has 3 rings (SSSR count). The molecule has 2 aromatic carbocycles. The highest BCUT2D eigenvalue weighted by Crippen LogP contribution is 2.31.